The van der Waals surface area contributed by atoms with E-state index in [1.807, 2.05) is 6.92 Å². The Morgan fingerprint density at radius 3 is 2.50 bits per heavy atom. The summed E-state index contributed by atoms with van der Waals surface area (Å²) in [5, 5.41) is 3.17. The van der Waals surface area contributed by atoms with Crippen molar-refractivity contribution in [2.45, 2.75) is 33.1 Å². The van der Waals surface area contributed by atoms with Gasteiger partial charge in [-0.25, -0.2) is 4.68 Å². The number of pyridine rings is 1. The Labute approximate surface area is 139 Å². The minimum absolute atomic E-state index is 0.178. The first-order valence-electron chi connectivity index (χ1n) is 8.07. The summed E-state index contributed by atoms with van der Waals surface area (Å²) in [5.41, 5.74) is 2.10. The van der Waals surface area contributed by atoms with Gasteiger partial charge in [0.05, 0.1) is 12.8 Å². The maximum atomic E-state index is 12.7. The van der Waals surface area contributed by atoms with Crippen LogP contribution < -0.4 is 15.7 Å². The second kappa shape index (κ2) is 6.39. The fourth-order valence-corrected chi connectivity index (χ4v) is 2.89. The largest absolute Gasteiger partial charge is 0.497 e. The third-order valence-corrected chi connectivity index (χ3v) is 4.27. The van der Waals surface area contributed by atoms with Crippen LogP contribution in [0.3, 0.4) is 0 Å². The monoisotopic (exact) mass is 327 g/mol. The Balaban J connectivity index is 2.18. The molecule has 24 heavy (non-hydrogen) atoms. The molecule has 2 N–H and O–H groups in total. The number of nitrogens with one attached hydrogen (secondary N) is 2. The van der Waals surface area contributed by atoms with Crippen LogP contribution in [0.2, 0.25) is 0 Å². The van der Waals surface area contributed by atoms with E-state index < -0.39 is 0 Å². The molecule has 2 aromatic heterocycles. The van der Waals surface area contributed by atoms with Crippen molar-refractivity contribution in [2.24, 2.45) is 0 Å². The van der Waals surface area contributed by atoms with E-state index in [0.717, 1.165) is 18.5 Å². The van der Waals surface area contributed by atoms with E-state index in [9.17, 15) is 9.59 Å². The van der Waals surface area contributed by atoms with Crippen molar-refractivity contribution in [3.63, 3.8) is 0 Å². The van der Waals surface area contributed by atoms with Gasteiger partial charge in [0.25, 0.3) is 5.56 Å². The molecule has 0 spiro atoms. The molecule has 3 aromatic rings. The van der Waals surface area contributed by atoms with E-state index in [2.05, 4.69) is 17.0 Å². The minimum atomic E-state index is -0.339. The van der Waals surface area contributed by atoms with Gasteiger partial charge in [0.2, 0.25) is 0 Å². The molecule has 0 saturated carbocycles. The smallest absolute Gasteiger partial charge is 0.284 e. The number of rotatable bonds is 5. The molecule has 6 heteroatoms. The van der Waals surface area contributed by atoms with Gasteiger partial charge in [0.1, 0.15) is 16.8 Å². The molecule has 1 aromatic carbocycles. The predicted molar refractivity (Wildman–Crippen MR) is 94.4 cm³/mol. The minimum Gasteiger partial charge on any atom is -0.497 e. The number of aromatic amines is 2. The second-order valence-electron chi connectivity index (χ2n) is 5.86. The number of aryl methyl sites for hydroxylation is 1. The van der Waals surface area contributed by atoms with Gasteiger partial charge in [-0.3, -0.25) is 14.7 Å². The van der Waals surface area contributed by atoms with Gasteiger partial charge in [-0.05, 0) is 44.0 Å². The summed E-state index contributed by atoms with van der Waals surface area (Å²) in [6, 6.07) is 7.08. The van der Waals surface area contributed by atoms with Crippen LogP contribution in [0.4, 0.5) is 0 Å². The topological polar surface area (TPSA) is 79.9 Å². The normalized spacial score (nSPS) is 11.1. The lowest BCUT2D eigenvalue weighted by Crippen LogP contribution is -2.21. The third-order valence-electron chi connectivity index (χ3n) is 4.27. The lowest BCUT2D eigenvalue weighted by Gasteiger charge is -2.04. The average molecular weight is 327 g/mol. The number of aromatic nitrogens is 3. The standard InChI is InChI=1S/C18H21N3O3/c1-4-5-6-14-11(2)19-17-15(16(14)22)18(23)21(20-17)12-7-9-13(24-3)10-8-12/h7-10H,4-6H2,1-3H3,(H2,19,20,22). The van der Waals surface area contributed by atoms with Crippen LogP contribution in [0.15, 0.2) is 33.9 Å². The Morgan fingerprint density at radius 1 is 1.17 bits per heavy atom. The Hall–Kier alpha value is -2.76. The number of hydrogen-bond donors (Lipinski definition) is 2. The quantitative estimate of drug-likeness (QED) is 0.756. The molecule has 0 amide bonds. The Bertz CT molecular complexity index is 978. The number of nitrogens with zero attached hydrogens (tertiary/aromatic N) is 1. The van der Waals surface area contributed by atoms with Crippen molar-refractivity contribution < 1.29 is 4.74 Å². The summed E-state index contributed by atoms with van der Waals surface area (Å²) < 4.78 is 6.51. The number of hydrogen-bond acceptors (Lipinski definition) is 3. The zero-order chi connectivity index (χ0) is 17.3. The first-order valence-corrected chi connectivity index (χ1v) is 8.07. The third kappa shape index (κ3) is 2.64. The van der Waals surface area contributed by atoms with E-state index in [-0.39, 0.29) is 16.4 Å². The predicted octanol–water partition coefficient (Wildman–Crippen LogP) is 2.67. The van der Waals surface area contributed by atoms with E-state index in [0.29, 0.717) is 29.1 Å². The number of H-pyrrole nitrogens is 2. The molecule has 0 atom stereocenters. The molecule has 0 aliphatic rings. The van der Waals surface area contributed by atoms with Crippen molar-refractivity contribution in [3.05, 3.63) is 56.1 Å². The van der Waals surface area contributed by atoms with Gasteiger partial charge in [-0.15, -0.1) is 0 Å². The van der Waals surface area contributed by atoms with Crippen molar-refractivity contribution in [3.8, 4) is 11.4 Å². The molecule has 0 radical (unpaired) electrons. The highest BCUT2D eigenvalue weighted by Crippen LogP contribution is 2.15. The van der Waals surface area contributed by atoms with Crippen molar-refractivity contribution in [1.82, 2.24) is 14.8 Å². The van der Waals surface area contributed by atoms with Crippen LogP contribution in [-0.4, -0.2) is 21.9 Å². The molecule has 126 valence electrons. The summed E-state index contributed by atoms with van der Waals surface area (Å²) in [4.78, 5) is 28.6. The number of unbranched alkanes of at least 4 members (excludes halogenated alkanes) is 1. The number of fused-ring (bicyclic) bond motifs is 1. The summed E-state index contributed by atoms with van der Waals surface area (Å²) in [6.45, 7) is 3.95. The van der Waals surface area contributed by atoms with Crippen LogP contribution >= 0.6 is 0 Å². The Kier molecular flexibility index (Phi) is 4.29. The van der Waals surface area contributed by atoms with Crippen molar-refractivity contribution in [1.29, 1.82) is 0 Å². The highest BCUT2D eigenvalue weighted by Gasteiger charge is 2.16. The molecule has 0 bridgehead atoms. The van der Waals surface area contributed by atoms with E-state index in [1.54, 1.807) is 31.4 Å². The maximum absolute atomic E-state index is 12.7. The Morgan fingerprint density at radius 2 is 1.88 bits per heavy atom. The summed E-state index contributed by atoms with van der Waals surface area (Å²) in [7, 11) is 1.59. The number of ether oxygens (including phenoxy) is 1. The highest BCUT2D eigenvalue weighted by molar-refractivity contribution is 5.75. The first kappa shape index (κ1) is 16.1. The van der Waals surface area contributed by atoms with Gasteiger partial charge in [-0.1, -0.05) is 13.3 Å². The molecule has 0 aliphatic heterocycles. The van der Waals surface area contributed by atoms with E-state index >= 15 is 0 Å². The van der Waals surface area contributed by atoms with Gasteiger partial charge in [0.15, 0.2) is 5.43 Å². The second-order valence-corrected chi connectivity index (χ2v) is 5.86. The highest BCUT2D eigenvalue weighted by atomic mass is 16.5. The molecule has 0 fully saturated rings. The summed E-state index contributed by atoms with van der Waals surface area (Å²) in [6.07, 6.45) is 2.60. The lowest BCUT2D eigenvalue weighted by molar-refractivity contribution is 0.414. The van der Waals surface area contributed by atoms with Crippen LogP contribution in [0.25, 0.3) is 16.7 Å². The molecular weight excluding hydrogens is 306 g/mol. The average Bonchev–Trinajstić information content (AvgIpc) is 2.91. The van der Waals surface area contributed by atoms with Gasteiger partial charge in [-0.2, -0.15) is 0 Å². The van der Waals surface area contributed by atoms with E-state index in [4.69, 9.17) is 4.74 Å². The molecular formula is C18H21N3O3. The number of methoxy groups -OCH3 is 1. The lowest BCUT2D eigenvalue weighted by atomic mass is 10.1. The zero-order valence-electron chi connectivity index (χ0n) is 14.1. The van der Waals surface area contributed by atoms with Crippen molar-refractivity contribution in [2.75, 3.05) is 7.11 Å². The zero-order valence-corrected chi connectivity index (χ0v) is 14.1. The number of benzene rings is 1. The van der Waals surface area contributed by atoms with Crippen LogP contribution in [-0.2, 0) is 6.42 Å². The SMILES string of the molecule is CCCCc1c(C)[nH]c2[nH]n(-c3ccc(OC)cc3)c(=O)c2c1=O. The van der Waals surface area contributed by atoms with Crippen LogP contribution in [0.1, 0.15) is 31.0 Å². The summed E-state index contributed by atoms with van der Waals surface area (Å²) in [5.74, 6) is 0.705. The molecule has 0 aliphatic carbocycles. The summed E-state index contributed by atoms with van der Waals surface area (Å²) >= 11 is 0. The molecule has 0 saturated heterocycles. The molecule has 6 nitrogen and oxygen atoms in total. The van der Waals surface area contributed by atoms with Gasteiger partial charge >= 0.3 is 0 Å². The van der Waals surface area contributed by atoms with Gasteiger partial charge in [0, 0.05) is 11.3 Å². The fraction of sp³-hybridized carbons (Fsp3) is 0.333. The van der Waals surface area contributed by atoms with Crippen molar-refractivity contribution >= 4 is 11.0 Å². The van der Waals surface area contributed by atoms with E-state index in [1.165, 1.54) is 4.68 Å². The maximum Gasteiger partial charge on any atom is 0.284 e. The van der Waals surface area contributed by atoms with Crippen LogP contribution in [0, 0.1) is 6.92 Å². The molecule has 3 rings (SSSR count). The van der Waals surface area contributed by atoms with Gasteiger partial charge < -0.3 is 9.72 Å². The van der Waals surface area contributed by atoms with Crippen LogP contribution in [0.5, 0.6) is 5.75 Å². The molecule has 2 heterocycles. The fourth-order valence-electron chi connectivity index (χ4n) is 2.89. The first-order chi connectivity index (χ1) is 11.6. The molecule has 0 unspecified atom stereocenters.